The summed E-state index contributed by atoms with van der Waals surface area (Å²) in [5.74, 6) is -0.356. The van der Waals surface area contributed by atoms with Crippen molar-refractivity contribution in [2.45, 2.75) is 32.9 Å². The minimum atomic E-state index is -0.289. The number of carbonyl (C=O) groups excluding carboxylic acids is 1. The van der Waals surface area contributed by atoms with Crippen molar-refractivity contribution in [1.29, 1.82) is 0 Å². The molecule has 1 aliphatic rings. The van der Waals surface area contributed by atoms with Crippen LogP contribution < -0.4 is 10.9 Å². The number of carbonyl (C=O) groups is 1. The van der Waals surface area contributed by atoms with Crippen LogP contribution in [0.5, 0.6) is 0 Å². The predicted octanol–water partition coefficient (Wildman–Crippen LogP) is 3.69. The van der Waals surface area contributed by atoms with Crippen LogP contribution in [0.3, 0.4) is 0 Å². The van der Waals surface area contributed by atoms with Gasteiger partial charge in [-0.2, -0.15) is 0 Å². The minimum Gasteiger partial charge on any atom is -0.318 e. The van der Waals surface area contributed by atoms with E-state index in [2.05, 4.69) is 10.2 Å². The van der Waals surface area contributed by atoms with Crippen LogP contribution in [0.25, 0.3) is 0 Å². The number of nitrogens with one attached hydrogen (secondary N) is 1. The van der Waals surface area contributed by atoms with Gasteiger partial charge in [-0.15, -0.1) is 11.3 Å². The van der Waals surface area contributed by atoms with Crippen molar-refractivity contribution in [2.24, 2.45) is 7.05 Å². The van der Waals surface area contributed by atoms with E-state index in [-0.39, 0.29) is 17.3 Å². The van der Waals surface area contributed by atoms with Gasteiger partial charge in [-0.25, -0.2) is 4.39 Å². The molecule has 0 spiro atoms. The normalized spacial score (nSPS) is 13.8. The minimum absolute atomic E-state index is 0.00957. The molecule has 4 rings (SSSR count). The Kier molecular flexibility index (Phi) is 5.83. The first-order valence-electron chi connectivity index (χ1n) is 9.93. The number of aromatic nitrogens is 1. The maximum absolute atomic E-state index is 13.5. The van der Waals surface area contributed by atoms with E-state index >= 15 is 0 Å². The molecule has 1 aromatic carbocycles. The highest BCUT2D eigenvalue weighted by Gasteiger charge is 2.21. The molecule has 3 heterocycles. The van der Waals surface area contributed by atoms with Gasteiger partial charge in [0.1, 0.15) is 5.82 Å². The van der Waals surface area contributed by atoms with Gasteiger partial charge in [0.25, 0.3) is 5.56 Å². The number of rotatable bonds is 5. The number of anilines is 1. The van der Waals surface area contributed by atoms with Gasteiger partial charge >= 0.3 is 0 Å². The van der Waals surface area contributed by atoms with Crippen LogP contribution in [-0.4, -0.2) is 21.9 Å². The third kappa shape index (κ3) is 4.52. The molecule has 0 atom stereocenters. The lowest BCUT2D eigenvalue weighted by atomic mass is 9.99. The van der Waals surface area contributed by atoms with Crippen molar-refractivity contribution >= 4 is 22.2 Å². The molecule has 30 heavy (non-hydrogen) atoms. The second-order valence-electron chi connectivity index (χ2n) is 7.72. The monoisotopic (exact) mass is 425 g/mol. The highest BCUT2D eigenvalue weighted by Crippen LogP contribution is 2.26. The van der Waals surface area contributed by atoms with E-state index in [4.69, 9.17) is 0 Å². The second kappa shape index (κ2) is 8.53. The van der Waals surface area contributed by atoms with E-state index in [9.17, 15) is 14.0 Å². The Bertz CT molecular complexity index is 1150. The highest BCUT2D eigenvalue weighted by molar-refractivity contribution is 7.16. The van der Waals surface area contributed by atoms with Crippen LogP contribution in [0, 0.1) is 5.82 Å². The lowest BCUT2D eigenvalue weighted by Gasteiger charge is -2.30. The van der Waals surface area contributed by atoms with Gasteiger partial charge in [-0.3, -0.25) is 14.5 Å². The summed E-state index contributed by atoms with van der Waals surface area (Å²) in [4.78, 5) is 27.6. The zero-order valence-electron chi connectivity index (χ0n) is 17.1. The van der Waals surface area contributed by atoms with E-state index in [1.165, 1.54) is 23.9 Å². The fourth-order valence-electron chi connectivity index (χ4n) is 4.01. The lowest BCUT2D eigenvalue weighted by Crippen LogP contribution is -2.35. The summed E-state index contributed by atoms with van der Waals surface area (Å²) >= 11 is 1.58. The van der Waals surface area contributed by atoms with Crippen molar-refractivity contribution < 1.29 is 9.18 Å². The van der Waals surface area contributed by atoms with Crippen LogP contribution in [0.2, 0.25) is 0 Å². The number of thiophene rings is 1. The van der Waals surface area contributed by atoms with Crippen molar-refractivity contribution in [2.75, 3.05) is 11.9 Å². The van der Waals surface area contributed by atoms with Crippen LogP contribution in [-0.2, 0) is 37.8 Å². The summed E-state index contributed by atoms with van der Waals surface area (Å²) in [5, 5.41) is 3.68. The zero-order valence-corrected chi connectivity index (χ0v) is 17.9. The van der Waals surface area contributed by atoms with Gasteiger partial charge in [-0.05, 0) is 41.5 Å². The van der Waals surface area contributed by atoms with E-state index in [0.29, 0.717) is 12.0 Å². The number of pyridine rings is 1. The average molecular weight is 426 g/mol. The van der Waals surface area contributed by atoms with Crippen LogP contribution >= 0.6 is 11.3 Å². The summed E-state index contributed by atoms with van der Waals surface area (Å²) in [5.41, 5.74) is 3.69. The van der Waals surface area contributed by atoms with Crippen LogP contribution in [0.1, 0.15) is 34.2 Å². The van der Waals surface area contributed by atoms with Crippen molar-refractivity contribution in [3.63, 3.8) is 0 Å². The molecule has 0 radical (unpaired) electrons. The quantitative estimate of drug-likeness (QED) is 0.678. The molecule has 2 aromatic heterocycles. The third-order valence-corrected chi connectivity index (χ3v) is 6.37. The molecule has 0 fully saturated rings. The Balaban J connectivity index is 1.53. The Morgan fingerprint density at radius 3 is 2.83 bits per heavy atom. The third-order valence-electron chi connectivity index (χ3n) is 5.39. The van der Waals surface area contributed by atoms with Crippen molar-refractivity contribution in [3.05, 3.63) is 85.9 Å². The molecule has 1 aliphatic heterocycles. The van der Waals surface area contributed by atoms with E-state index in [1.54, 1.807) is 22.0 Å². The molecule has 1 N–H and O–H groups in total. The van der Waals surface area contributed by atoms with Gasteiger partial charge in [0.05, 0.1) is 5.00 Å². The Labute approximate surface area is 178 Å². The van der Waals surface area contributed by atoms with Crippen LogP contribution in [0.15, 0.2) is 47.3 Å². The zero-order chi connectivity index (χ0) is 21.3. The molecule has 0 aliphatic carbocycles. The molecule has 7 heteroatoms. The molecule has 3 aromatic rings. The standard InChI is InChI=1S/C23H24FN3O2S/c1-15(28)25-22-7-6-20(30-22)14-27-9-8-21-18(13-27)12-17(23(29)26(21)2)10-16-4-3-5-19(24)11-16/h3-7,11-12H,8-10,13-14H2,1-2H3,(H,25,28). The first-order valence-corrected chi connectivity index (χ1v) is 10.7. The molecule has 0 saturated carbocycles. The fourth-order valence-corrected chi connectivity index (χ4v) is 5.01. The summed E-state index contributed by atoms with van der Waals surface area (Å²) in [7, 11) is 1.82. The Hall–Kier alpha value is -2.77. The van der Waals surface area contributed by atoms with Gasteiger partial charge in [0.15, 0.2) is 0 Å². The number of nitrogens with zero attached hydrogens (tertiary/aromatic N) is 2. The molecule has 156 valence electrons. The predicted molar refractivity (Wildman–Crippen MR) is 117 cm³/mol. The number of hydrogen-bond acceptors (Lipinski definition) is 4. The number of hydrogen-bond donors (Lipinski definition) is 1. The molecular weight excluding hydrogens is 401 g/mol. The molecule has 0 saturated heterocycles. The Morgan fingerprint density at radius 2 is 2.07 bits per heavy atom. The van der Waals surface area contributed by atoms with Gasteiger partial charge < -0.3 is 9.88 Å². The van der Waals surface area contributed by atoms with Crippen LogP contribution in [0.4, 0.5) is 9.39 Å². The first-order chi connectivity index (χ1) is 14.4. The van der Waals surface area contributed by atoms with Gasteiger partial charge in [-0.1, -0.05) is 12.1 Å². The maximum atomic E-state index is 13.5. The van der Waals surface area contributed by atoms with Gasteiger partial charge in [0.2, 0.25) is 5.91 Å². The van der Waals surface area contributed by atoms with Gasteiger partial charge in [0, 0.05) is 62.6 Å². The highest BCUT2D eigenvalue weighted by atomic mass is 32.1. The second-order valence-corrected chi connectivity index (χ2v) is 8.89. The molecule has 0 bridgehead atoms. The van der Waals surface area contributed by atoms with E-state index < -0.39 is 0 Å². The number of fused-ring (bicyclic) bond motifs is 1. The van der Waals surface area contributed by atoms with Crippen molar-refractivity contribution in [1.82, 2.24) is 9.47 Å². The maximum Gasteiger partial charge on any atom is 0.254 e. The topological polar surface area (TPSA) is 54.3 Å². The molecule has 1 amide bonds. The SMILES string of the molecule is CC(=O)Nc1ccc(CN2CCc3c(cc(Cc4cccc(F)c4)c(=O)n3C)C2)s1. The number of amides is 1. The number of benzene rings is 1. The van der Waals surface area contributed by atoms with E-state index in [1.807, 2.05) is 31.3 Å². The summed E-state index contributed by atoms with van der Waals surface area (Å²) in [6.45, 7) is 3.93. The summed E-state index contributed by atoms with van der Waals surface area (Å²) < 4.78 is 15.3. The molecule has 0 unspecified atom stereocenters. The number of halogens is 1. The first kappa shape index (κ1) is 20.5. The summed E-state index contributed by atoms with van der Waals surface area (Å²) in [6.07, 6.45) is 1.23. The molecule has 5 nitrogen and oxygen atoms in total. The largest absolute Gasteiger partial charge is 0.318 e. The van der Waals surface area contributed by atoms with E-state index in [0.717, 1.165) is 47.9 Å². The van der Waals surface area contributed by atoms with Crippen molar-refractivity contribution in [3.8, 4) is 0 Å². The average Bonchev–Trinajstić information content (AvgIpc) is 3.12. The molecular formula is C23H24FN3O2S. The Morgan fingerprint density at radius 1 is 1.23 bits per heavy atom. The fraction of sp³-hybridized carbons (Fsp3) is 0.304. The summed E-state index contributed by atoms with van der Waals surface area (Å²) in [6, 6.07) is 12.4. The smallest absolute Gasteiger partial charge is 0.254 e. The lowest BCUT2D eigenvalue weighted by molar-refractivity contribution is -0.114.